The minimum atomic E-state index is 0.460. The first kappa shape index (κ1) is 10.3. The molecule has 15 heavy (non-hydrogen) atoms. The summed E-state index contributed by atoms with van der Waals surface area (Å²) >= 11 is 2.71. The maximum Gasteiger partial charge on any atom is 0.203 e. The summed E-state index contributed by atoms with van der Waals surface area (Å²) in [4.78, 5) is 8.58. The van der Waals surface area contributed by atoms with Crippen LogP contribution >= 0.6 is 23.1 Å². The highest BCUT2D eigenvalue weighted by molar-refractivity contribution is 8.00. The Balaban J connectivity index is 2.24. The molecular formula is C8H9N5S2. The van der Waals surface area contributed by atoms with Crippen molar-refractivity contribution in [1.29, 1.82) is 0 Å². The van der Waals surface area contributed by atoms with Crippen molar-refractivity contribution in [2.45, 2.75) is 23.3 Å². The second-order valence-corrected chi connectivity index (χ2v) is 5.17. The van der Waals surface area contributed by atoms with Crippen LogP contribution in [0.5, 0.6) is 0 Å². The van der Waals surface area contributed by atoms with E-state index >= 15 is 0 Å². The minimum absolute atomic E-state index is 0.460. The Morgan fingerprint density at radius 3 is 2.40 bits per heavy atom. The normalized spacial score (nSPS) is 10.5. The van der Waals surface area contributed by atoms with Gasteiger partial charge in [-0.25, -0.2) is 9.97 Å². The summed E-state index contributed by atoms with van der Waals surface area (Å²) in [7, 11) is 0. The summed E-state index contributed by atoms with van der Waals surface area (Å²) in [6.45, 7) is 3.88. The van der Waals surface area contributed by atoms with Crippen LogP contribution < -0.4 is 5.73 Å². The molecule has 0 fully saturated rings. The maximum absolute atomic E-state index is 5.48. The highest BCUT2D eigenvalue weighted by Crippen LogP contribution is 2.28. The van der Waals surface area contributed by atoms with Crippen molar-refractivity contribution in [2.75, 3.05) is 5.73 Å². The third-order valence-electron chi connectivity index (χ3n) is 1.56. The predicted molar refractivity (Wildman–Crippen MR) is 60.0 cm³/mol. The molecule has 0 unspecified atom stereocenters. The first-order chi connectivity index (χ1) is 7.13. The maximum atomic E-state index is 5.48. The Morgan fingerprint density at radius 2 is 1.87 bits per heavy atom. The molecule has 0 radical (unpaired) electrons. The zero-order valence-electron chi connectivity index (χ0n) is 8.26. The number of aromatic nitrogens is 4. The fourth-order valence-corrected chi connectivity index (χ4v) is 2.68. The van der Waals surface area contributed by atoms with Gasteiger partial charge in [0.1, 0.15) is 0 Å². The lowest BCUT2D eigenvalue weighted by Gasteiger charge is -1.99. The molecule has 7 heteroatoms. The number of nitrogens with two attached hydrogens (primary N) is 1. The Labute approximate surface area is 95.2 Å². The van der Waals surface area contributed by atoms with Gasteiger partial charge in [0.15, 0.2) is 9.50 Å². The summed E-state index contributed by atoms with van der Waals surface area (Å²) in [6.07, 6.45) is 0. The van der Waals surface area contributed by atoms with Gasteiger partial charge in [0, 0.05) is 11.4 Å². The van der Waals surface area contributed by atoms with Gasteiger partial charge < -0.3 is 5.73 Å². The van der Waals surface area contributed by atoms with Crippen LogP contribution in [-0.4, -0.2) is 20.2 Å². The van der Waals surface area contributed by atoms with E-state index in [4.69, 9.17) is 5.73 Å². The van der Waals surface area contributed by atoms with Crippen molar-refractivity contribution in [3.05, 3.63) is 17.5 Å². The smallest absolute Gasteiger partial charge is 0.203 e. The second-order valence-electron chi connectivity index (χ2n) is 2.94. The van der Waals surface area contributed by atoms with Gasteiger partial charge in [-0.3, -0.25) is 0 Å². The molecule has 0 aliphatic heterocycles. The molecule has 2 aromatic heterocycles. The van der Waals surface area contributed by atoms with E-state index in [0.717, 1.165) is 15.7 Å². The lowest BCUT2D eigenvalue weighted by Crippen LogP contribution is -1.92. The van der Waals surface area contributed by atoms with Crippen LogP contribution in [0, 0.1) is 13.8 Å². The lowest BCUT2D eigenvalue weighted by molar-refractivity contribution is 0.898. The van der Waals surface area contributed by atoms with Gasteiger partial charge >= 0.3 is 0 Å². The van der Waals surface area contributed by atoms with Crippen molar-refractivity contribution in [3.63, 3.8) is 0 Å². The predicted octanol–water partition coefficient (Wildman–Crippen LogP) is 1.68. The standard InChI is InChI=1S/C8H9N5S2/c1-4-3-5(2)11-7(10-4)15-8-13-12-6(9)14-8/h3H,1-2H3,(H2,9,12). The first-order valence-electron chi connectivity index (χ1n) is 4.22. The summed E-state index contributed by atoms with van der Waals surface area (Å²) < 4.78 is 0.762. The largest absolute Gasteiger partial charge is 0.374 e. The fourth-order valence-electron chi connectivity index (χ4n) is 1.08. The summed E-state index contributed by atoms with van der Waals surface area (Å²) in [5.41, 5.74) is 7.38. The van der Waals surface area contributed by atoms with Crippen LogP contribution in [-0.2, 0) is 0 Å². The van der Waals surface area contributed by atoms with E-state index in [2.05, 4.69) is 20.2 Å². The van der Waals surface area contributed by atoms with Crippen molar-refractivity contribution >= 4 is 28.2 Å². The number of rotatable bonds is 2. The van der Waals surface area contributed by atoms with Crippen LogP contribution in [0.1, 0.15) is 11.4 Å². The van der Waals surface area contributed by atoms with Crippen LogP contribution in [0.25, 0.3) is 0 Å². The van der Waals surface area contributed by atoms with Gasteiger partial charge in [-0.1, -0.05) is 11.3 Å². The molecule has 0 amide bonds. The number of nitrogen functional groups attached to an aromatic ring is 1. The van der Waals surface area contributed by atoms with Crippen molar-refractivity contribution in [3.8, 4) is 0 Å². The molecular weight excluding hydrogens is 230 g/mol. The molecule has 0 atom stereocenters. The molecule has 78 valence electrons. The van der Waals surface area contributed by atoms with Crippen LogP contribution in [0.2, 0.25) is 0 Å². The van der Waals surface area contributed by atoms with Crippen molar-refractivity contribution < 1.29 is 0 Å². The molecule has 2 heterocycles. The van der Waals surface area contributed by atoms with Gasteiger partial charge in [-0.05, 0) is 31.7 Å². The molecule has 5 nitrogen and oxygen atoms in total. The second kappa shape index (κ2) is 4.11. The van der Waals surface area contributed by atoms with Gasteiger partial charge in [0.2, 0.25) is 5.13 Å². The quantitative estimate of drug-likeness (QED) is 0.803. The van der Waals surface area contributed by atoms with E-state index in [1.165, 1.54) is 23.1 Å². The average Bonchev–Trinajstić information content (AvgIpc) is 2.49. The van der Waals surface area contributed by atoms with Crippen LogP contribution in [0.3, 0.4) is 0 Å². The molecule has 0 saturated heterocycles. The van der Waals surface area contributed by atoms with E-state index in [1.54, 1.807) is 0 Å². The van der Waals surface area contributed by atoms with Crippen molar-refractivity contribution in [2.24, 2.45) is 0 Å². The average molecular weight is 239 g/mol. The molecule has 0 saturated carbocycles. The molecule has 2 N–H and O–H groups in total. The van der Waals surface area contributed by atoms with E-state index in [1.807, 2.05) is 19.9 Å². The number of hydrogen-bond acceptors (Lipinski definition) is 7. The Bertz CT molecular complexity index is 461. The number of aryl methyl sites for hydroxylation is 2. The Morgan fingerprint density at radius 1 is 1.20 bits per heavy atom. The van der Waals surface area contributed by atoms with E-state index in [0.29, 0.717) is 10.3 Å². The van der Waals surface area contributed by atoms with Crippen LogP contribution in [0.4, 0.5) is 5.13 Å². The lowest BCUT2D eigenvalue weighted by atomic mass is 10.4. The minimum Gasteiger partial charge on any atom is -0.374 e. The summed E-state index contributed by atoms with van der Waals surface area (Å²) in [5.74, 6) is 0. The highest BCUT2D eigenvalue weighted by Gasteiger charge is 2.06. The molecule has 0 spiro atoms. The summed E-state index contributed by atoms with van der Waals surface area (Å²) in [6, 6.07) is 1.93. The van der Waals surface area contributed by atoms with Crippen LogP contribution in [0.15, 0.2) is 15.6 Å². The van der Waals surface area contributed by atoms with Gasteiger partial charge in [0.25, 0.3) is 0 Å². The first-order valence-corrected chi connectivity index (χ1v) is 5.86. The third kappa shape index (κ3) is 2.63. The molecule has 0 aliphatic carbocycles. The number of anilines is 1. The number of nitrogens with zero attached hydrogens (tertiary/aromatic N) is 4. The van der Waals surface area contributed by atoms with Gasteiger partial charge in [0.05, 0.1) is 0 Å². The SMILES string of the molecule is Cc1cc(C)nc(Sc2nnc(N)s2)n1. The monoisotopic (exact) mass is 239 g/mol. The molecule has 0 aromatic carbocycles. The number of hydrogen-bond donors (Lipinski definition) is 1. The molecule has 0 bridgehead atoms. The Hall–Kier alpha value is -1.21. The van der Waals surface area contributed by atoms with Gasteiger partial charge in [-0.2, -0.15) is 0 Å². The fraction of sp³-hybridized carbons (Fsp3) is 0.250. The van der Waals surface area contributed by atoms with E-state index < -0.39 is 0 Å². The highest BCUT2D eigenvalue weighted by atomic mass is 32.2. The zero-order valence-corrected chi connectivity index (χ0v) is 9.89. The van der Waals surface area contributed by atoms with Crippen molar-refractivity contribution in [1.82, 2.24) is 20.2 Å². The van der Waals surface area contributed by atoms with E-state index in [9.17, 15) is 0 Å². The molecule has 0 aliphatic rings. The third-order valence-corrected chi connectivity index (χ3v) is 3.23. The zero-order chi connectivity index (χ0) is 10.8. The molecule has 2 aromatic rings. The topological polar surface area (TPSA) is 77.6 Å². The van der Waals surface area contributed by atoms with Gasteiger partial charge in [-0.15, -0.1) is 10.2 Å². The Kier molecular flexibility index (Phi) is 2.83. The summed E-state index contributed by atoms with van der Waals surface area (Å²) in [5, 5.41) is 8.77. The van der Waals surface area contributed by atoms with E-state index in [-0.39, 0.29) is 0 Å². The molecule has 2 rings (SSSR count).